The van der Waals surface area contributed by atoms with E-state index >= 15 is 4.39 Å². The van der Waals surface area contributed by atoms with Gasteiger partial charge in [-0.25, -0.2) is 9.38 Å². The number of hydrogen-bond donors (Lipinski definition) is 1. The second-order valence-electron chi connectivity index (χ2n) is 6.53. The Bertz CT molecular complexity index is 1160. The molecule has 2 aromatic heterocycles. The molecule has 1 amide bonds. The van der Waals surface area contributed by atoms with Crippen molar-refractivity contribution in [3.05, 3.63) is 70.9 Å². The first-order valence-corrected chi connectivity index (χ1v) is 9.38. The third-order valence-electron chi connectivity index (χ3n) is 4.78. The number of amides is 1. The van der Waals surface area contributed by atoms with Gasteiger partial charge in [-0.05, 0) is 35.4 Å². The number of guanidine groups is 1. The third-order valence-corrected chi connectivity index (χ3v) is 5.60. The number of nitrogens with two attached hydrogens (primary N) is 1. The number of aromatic nitrogens is 2. The van der Waals surface area contributed by atoms with Gasteiger partial charge in [0, 0.05) is 25.0 Å². The molecule has 3 aromatic rings. The standard InChI is InChI=1S/C19H13F4N5OS/c1-28-16(29)18(27-17(28)24,11-4-5-26-15(7-11)19(21,22)23)12-6-10(2-3-13(12)20)14-8-25-9-30-14/h2-9H,1H3,(H2,24,27). The van der Waals surface area contributed by atoms with Crippen LogP contribution in [0.3, 0.4) is 0 Å². The van der Waals surface area contributed by atoms with Crippen LogP contribution >= 0.6 is 11.3 Å². The number of hydrogen-bond acceptors (Lipinski definition) is 6. The second-order valence-corrected chi connectivity index (χ2v) is 7.42. The maximum absolute atomic E-state index is 15.0. The molecule has 1 aliphatic heterocycles. The van der Waals surface area contributed by atoms with E-state index < -0.39 is 29.1 Å². The second kappa shape index (κ2) is 6.87. The molecule has 1 atom stereocenters. The number of alkyl halides is 3. The Hall–Kier alpha value is -3.34. The van der Waals surface area contributed by atoms with Crippen LogP contribution in [0, 0.1) is 5.82 Å². The van der Waals surface area contributed by atoms with Crippen molar-refractivity contribution in [2.24, 2.45) is 10.7 Å². The van der Waals surface area contributed by atoms with Crippen molar-refractivity contribution in [3.63, 3.8) is 0 Å². The van der Waals surface area contributed by atoms with Crippen molar-refractivity contribution in [2.45, 2.75) is 11.7 Å². The molecule has 30 heavy (non-hydrogen) atoms. The third kappa shape index (κ3) is 3.02. The number of carbonyl (C=O) groups excluding carboxylic acids is 1. The van der Waals surface area contributed by atoms with Crippen LogP contribution in [0.4, 0.5) is 17.6 Å². The predicted octanol–water partition coefficient (Wildman–Crippen LogP) is 3.39. The van der Waals surface area contributed by atoms with E-state index in [4.69, 9.17) is 5.73 Å². The summed E-state index contributed by atoms with van der Waals surface area (Å²) in [5.74, 6) is -1.83. The molecular formula is C19H13F4N5OS. The normalized spacial score (nSPS) is 19.3. The van der Waals surface area contributed by atoms with Gasteiger partial charge < -0.3 is 5.73 Å². The first-order valence-electron chi connectivity index (χ1n) is 8.50. The van der Waals surface area contributed by atoms with Gasteiger partial charge in [-0.15, -0.1) is 11.3 Å². The molecule has 1 aliphatic rings. The van der Waals surface area contributed by atoms with Crippen LogP contribution in [-0.2, 0) is 16.5 Å². The maximum Gasteiger partial charge on any atom is 0.433 e. The monoisotopic (exact) mass is 435 g/mol. The van der Waals surface area contributed by atoms with E-state index in [9.17, 15) is 18.0 Å². The van der Waals surface area contributed by atoms with Gasteiger partial charge in [0.05, 0.1) is 10.4 Å². The number of rotatable bonds is 3. The molecule has 0 aliphatic carbocycles. The maximum atomic E-state index is 15.0. The smallest absolute Gasteiger partial charge is 0.369 e. The molecule has 0 radical (unpaired) electrons. The average Bonchev–Trinajstić information content (AvgIpc) is 3.32. The van der Waals surface area contributed by atoms with Crippen molar-refractivity contribution in [3.8, 4) is 10.4 Å². The molecule has 0 fully saturated rings. The Morgan fingerprint density at radius 2 is 1.97 bits per heavy atom. The van der Waals surface area contributed by atoms with Crippen LogP contribution in [0.5, 0.6) is 0 Å². The van der Waals surface area contributed by atoms with Crippen LogP contribution in [0.2, 0.25) is 0 Å². The predicted molar refractivity (Wildman–Crippen MR) is 102 cm³/mol. The Morgan fingerprint density at radius 3 is 2.57 bits per heavy atom. The lowest BCUT2D eigenvalue weighted by molar-refractivity contribution is -0.141. The van der Waals surface area contributed by atoms with Crippen LogP contribution in [0.15, 0.2) is 53.2 Å². The molecule has 11 heteroatoms. The fraction of sp³-hybridized carbons (Fsp3) is 0.158. The first-order chi connectivity index (χ1) is 14.1. The van der Waals surface area contributed by atoms with Gasteiger partial charge in [0.25, 0.3) is 5.91 Å². The van der Waals surface area contributed by atoms with Gasteiger partial charge >= 0.3 is 6.18 Å². The topological polar surface area (TPSA) is 84.5 Å². The fourth-order valence-corrected chi connectivity index (χ4v) is 3.91. The van der Waals surface area contributed by atoms with Crippen molar-refractivity contribution < 1.29 is 22.4 Å². The highest BCUT2D eigenvalue weighted by Gasteiger charge is 2.52. The van der Waals surface area contributed by atoms with Gasteiger partial charge in [0.1, 0.15) is 11.5 Å². The van der Waals surface area contributed by atoms with E-state index in [1.165, 1.54) is 36.6 Å². The van der Waals surface area contributed by atoms with Crippen LogP contribution in [-0.4, -0.2) is 33.8 Å². The molecular weight excluding hydrogens is 422 g/mol. The minimum atomic E-state index is -4.76. The molecule has 0 bridgehead atoms. The van der Waals surface area contributed by atoms with E-state index in [1.807, 2.05) is 0 Å². The minimum Gasteiger partial charge on any atom is -0.369 e. The molecule has 154 valence electrons. The Kier molecular flexibility index (Phi) is 4.57. The van der Waals surface area contributed by atoms with Crippen LogP contribution in [0.25, 0.3) is 10.4 Å². The average molecular weight is 435 g/mol. The van der Waals surface area contributed by atoms with Crippen molar-refractivity contribution in [1.29, 1.82) is 0 Å². The molecule has 6 nitrogen and oxygen atoms in total. The number of thiazole rings is 1. The van der Waals surface area contributed by atoms with E-state index in [-0.39, 0.29) is 17.1 Å². The minimum absolute atomic E-state index is 0.192. The van der Waals surface area contributed by atoms with Gasteiger partial charge in [-0.2, -0.15) is 13.2 Å². The Balaban J connectivity index is 2.01. The summed E-state index contributed by atoms with van der Waals surface area (Å²) < 4.78 is 54.8. The summed E-state index contributed by atoms with van der Waals surface area (Å²) in [4.78, 5) is 26.3. The van der Waals surface area contributed by atoms with Crippen molar-refractivity contribution in [2.75, 3.05) is 7.05 Å². The summed E-state index contributed by atoms with van der Waals surface area (Å²) in [6.07, 6.45) is -2.30. The number of benzene rings is 1. The summed E-state index contributed by atoms with van der Waals surface area (Å²) in [7, 11) is 1.32. The Morgan fingerprint density at radius 1 is 1.20 bits per heavy atom. The van der Waals surface area contributed by atoms with E-state index in [0.717, 1.165) is 17.2 Å². The van der Waals surface area contributed by atoms with Gasteiger partial charge in [0.15, 0.2) is 11.5 Å². The zero-order valence-corrected chi connectivity index (χ0v) is 16.1. The lowest BCUT2D eigenvalue weighted by Gasteiger charge is -2.27. The molecule has 0 saturated heterocycles. The van der Waals surface area contributed by atoms with Crippen molar-refractivity contribution >= 4 is 23.2 Å². The highest BCUT2D eigenvalue weighted by Crippen LogP contribution is 2.43. The fourth-order valence-electron chi connectivity index (χ4n) is 3.29. The summed E-state index contributed by atoms with van der Waals surface area (Å²) >= 11 is 1.29. The van der Waals surface area contributed by atoms with Crippen LogP contribution < -0.4 is 5.73 Å². The van der Waals surface area contributed by atoms with Crippen molar-refractivity contribution in [1.82, 2.24) is 14.9 Å². The SMILES string of the molecule is CN1C(=O)C(c2ccnc(C(F)(F)F)c2)(c2cc(-c3cncs3)ccc2F)N=C1N. The Labute approximate surface area is 171 Å². The number of halogens is 4. The highest BCUT2D eigenvalue weighted by molar-refractivity contribution is 7.13. The molecule has 4 rings (SSSR count). The van der Waals surface area contributed by atoms with Crippen LogP contribution in [0.1, 0.15) is 16.8 Å². The van der Waals surface area contributed by atoms with E-state index in [2.05, 4.69) is 15.0 Å². The zero-order valence-electron chi connectivity index (χ0n) is 15.3. The zero-order chi connectivity index (χ0) is 21.7. The largest absolute Gasteiger partial charge is 0.433 e. The van der Waals surface area contributed by atoms with E-state index in [0.29, 0.717) is 16.5 Å². The molecule has 0 saturated carbocycles. The lowest BCUT2D eigenvalue weighted by atomic mass is 9.81. The number of aliphatic imine (C=N–C) groups is 1. The molecule has 2 N–H and O–H groups in total. The molecule has 0 spiro atoms. The lowest BCUT2D eigenvalue weighted by Crippen LogP contribution is -2.41. The quantitative estimate of drug-likeness (QED) is 0.640. The number of nitrogens with zero attached hydrogens (tertiary/aromatic N) is 4. The van der Waals surface area contributed by atoms with E-state index in [1.54, 1.807) is 11.7 Å². The molecule has 3 heterocycles. The number of carbonyl (C=O) groups is 1. The highest BCUT2D eigenvalue weighted by atomic mass is 32.1. The summed E-state index contributed by atoms with van der Waals surface area (Å²) in [5.41, 5.74) is 4.17. The summed E-state index contributed by atoms with van der Waals surface area (Å²) in [5, 5.41) is 0. The first kappa shape index (κ1) is 20.0. The van der Waals surface area contributed by atoms with Gasteiger partial charge in [-0.1, -0.05) is 6.07 Å². The molecule has 1 unspecified atom stereocenters. The van der Waals surface area contributed by atoms with Gasteiger partial charge in [0.2, 0.25) is 0 Å². The molecule has 1 aromatic carbocycles. The number of pyridine rings is 1. The number of likely N-dealkylation sites (N-methyl/N-ethyl adjacent to an activating group) is 1. The summed E-state index contributed by atoms with van der Waals surface area (Å²) in [6, 6.07) is 5.89. The summed E-state index contributed by atoms with van der Waals surface area (Å²) in [6.45, 7) is 0. The van der Waals surface area contributed by atoms with Gasteiger partial charge in [-0.3, -0.25) is 19.7 Å².